The van der Waals surface area contributed by atoms with Crippen LogP contribution in [-0.2, 0) is 0 Å². The molecule has 2 unspecified atom stereocenters. The number of halogens is 1. The summed E-state index contributed by atoms with van der Waals surface area (Å²) in [5.74, 6) is -0.506. The van der Waals surface area contributed by atoms with E-state index in [0.717, 1.165) is 24.8 Å². The van der Waals surface area contributed by atoms with Crippen molar-refractivity contribution in [3.05, 3.63) is 35.8 Å². The third-order valence-corrected chi connectivity index (χ3v) is 4.27. The number of nitrogens with two attached hydrogens (primary N) is 2. The summed E-state index contributed by atoms with van der Waals surface area (Å²) < 4.78 is 13.2. The van der Waals surface area contributed by atoms with Crippen molar-refractivity contribution in [3.8, 4) is 0 Å². The van der Waals surface area contributed by atoms with Crippen LogP contribution in [0, 0.1) is 5.82 Å². The SMILES string of the molecule is NC1CCCCC1(N)C(=O)c1cc2cc(F)ccc2[nH]1. The molecule has 1 saturated carbocycles. The number of aromatic amines is 1. The molecule has 0 saturated heterocycles. The van der Waals surface area contributed by atoms with Gasteiger partial charge in [0.05, 0.1) is 11.2 Å². The topological polar surface area (TPSA) is 84.9 Å². The van der Waals surface area contributed by atoms with Gasteiger partial charge in [-0.25, -0.2) is 4.39 Å². The molecule has 5 N–H and O–H groups in total. The zero-order valence-corrected chi connectivity index (χ0v) is 11.2. The average Bonchev–Trinajstić information content (AvgIpc) is 2.84. The van der Waals surface area contributed by atoms with E-state index >= 15 is 0 Å². The van der Waals surface area contributed by atoms with E-state index in [1.54, 1.807) is 12.1 Å². The fraction of sp³-hybridized carbons (Fsp3) is 0.400. The van der Waals surface area contributed by atoms with E-state index in [4.69, 9.17) is 11.5 Å². The average molecular weight is 275 g/mol. The fourth-order valence-electron chi connectivity index (χ4n) is 2.98. The fourth-order valence-corrected chi connectivity index (χ4v) is 2.98. The van der Waals surface area contributed by atoms with Gasteiger partial charge in [0.2, 0.25) is 0 Å². The number of hydrogen-bond acceptors (Lipinski definition) is 3. The highest BCUT2D eigenvalue weighted by molar-refractivity contribution is 6.05. The smallest absolute Gasteiger partial charge is 0.200 e. The van der Waals surface area contributed by atoms with Crippen molar-refractivity contribution >= 4 is 16.7 Å². The molecule has 1 fully saturated rings. The molecule has 1 aliphatic rings. The van der Waals surface area contributed by atoms with Crippen molar-refractivity contribution in [3.63, 3.8) is 0 Å². The lowest BCUT2D eigenvalue weighted by atomic mass is 9.75. The van der Waals surface area contributed by atoms with Crippen LogP contribution in [0.15, 0.2) is 24.3 Å². The molecule has 1 aromatic carbocycles. The molecule has 1 aliphatic carbocycles. The van der Waals surface area contributed by atoms with Gasteiger partial charge in [-0.3, -0.25) is 4.79 Å². The minimum atomic E-state index is -1.02. The minimum Gasteiger partial charge on any atom is -0.352 e. The van der Waals surface area contributed by atoms with Crippen molar-refractivity contribution in [2.24, 2.45) is 11.5 Å². The molecule has 0 amide bonds. The Balaban J connectivity index is 1.99. The Bertz CT molecular complexity index is 666. The highest BCUT2D eigenvalue weighted by atomic mass is 19.1. The third-order valence-electron chi connectivity index (χ3n) is 4.27. The number of aromatic nitrogens is 1. The largest absolute Gasteiger partial charge is 0.352 e. The lowest BCUT2D eigenvalue weighted by Crippen LogP contribution is -2.62. The van der Waals surface area contributed by atoms with Crippen LogP contribution in [0.3, 0.4) is 0 Å². The zero-order valence-electron chi connectivity index (χ0n) is 11.2. The summed E-state index contributed by atoms with van der Waals surface area (Å²) in [7, 11) is 0. The van der Waals surface area contributed by atoms with E-state index in [-0.39, 0.29) is 17.6 Å². The van der Waals surface area contributed by atoms with Crippen LogP contribution >= 0.6 is 0 Å². The van der Waals surface area contributed by atoms with E-state index < -0.39 is 5.54 Å². The summed E-state index contributed by atoms with van der Waals surface area (Å²) in [6.07, 6.45) is 3.27. The first-order valence-electron chi connectivity index (χ1n) is 6.88. The van der Waals surface area contributed by atoms with Crippen molar-refractivity contribution in [2.45, 2.75) is 37.3 Å². The van der Waals surface area contributed by atoms with Crippen LogP contribution in [0.4, 0.5) is 4.39 Å². The van der Waals surface area contributed by atoms with Gasteiger partial charge in [-0.15, -0.1) is 0 Å². The molecular formula is C15H18FN3O. The number of H-pyrrole nitrogens is 1. The molecule has 0 bridgehead atoms. The van der Waals surface area contributed by atoms with Gasteiger partial charge in [0.15, 0.2) is 5.78 Å². The number of carbonyl (C=O) groups excluding carboxylic acids is 1. The Labute approximate surface area is 116 Å². The number of Topliss-reactive ketones (excluding diaryl/α,β-unsaturated/α-hetero) is 1. The Morgan fingerprint density at radius 3 is 2.90 bits per heavy atom. The maximum atomic E-state index is 13.2. The second kappa shape index (κ2) is 4.68. The zero-order chi connectivity index (χ0) is 14.3. The molecule has 0 radical (unpaired) electrons. The monoisotopic (exact) mass is 275 g/mol. The Kier molecular flexibility index (Phi) is 3.11. The quantitative estimate of drug-likeness (QED) is 0.734. The summed E-state index contributed by atoms with van der Waals surface area (Å²) >= 11 is 0. The standard InChI is InChI=1S/C15H18FN3O/c16-10-4-5-11-9(7-10)8-12(19-11)14(20)15(18)6-2-1-3-13(15)17/h4-5,7-8,13,19H,1-3,6,17-18H2. The molecule has 20 heavy (non-hydrogen) atoms. The number of hydrogen-bond donors (Lipinski definition) is 3. The Hall–Kier alpha value is -1.72. The van der Waals surface area contributed by atoms with Gasteiger partial charge in [-0.2, -0.15) is 0 Å². The van der Waals surface area contributed by atoms with Crippen molar-refractivity contribution in [2.75, 3.05) is 0 Å². The van der Waals surface area contributed by atoms with Crippen molar-refractivity contribution < 1.29 is 9.18 Å². The van der Waals surface area contributed by atoms with Crippen LogP contribution < -0.4 is 11.5 Å². The Morgan fingerprint density at radius 2 is 2.15 bits per heavy atom. The van der Waals surface area contributed by atoms with Gasteiger partial charge in [-0.05, 0) is 37.1 Å². The second-order valence-corrected chi connectivity index (χ2v) is 5.64. The molecule has 0 spiro atoms. The van der Waals surface area contributed by atoms with Gasteiger partial charge in [0, 0.05) is 16.9 Å². The van der Waals surface area contributed by atoms with Gasteiger partial charge in [-0.1, -0.05) is 12.8 Å². The van der Waals surface area contributed by atoms with Crippen LogP contribution in [0.1, 0.15) is 36.2 Å². The molecule has 0 aliphatic heterocycles. The van der Waals surface area contributed by atoms with Gasteiger partial charge < -0.3 is 16.5 Å². The van der Waals surface area contributed by atoms with Crippen LogP contribution in [0.25, 0.3) is 10.9 Å². The minimum absolute atomic E-state index is 0.179. The first-order valence-corrected chi connectivity index (χ1v) is 6.88. The maximum absolute atomic E-state index is 13.2. The predicted molar refractivity (Wildman–Crippen MR) is 75.9 cm³/mol. The number of rotatable bonds is 2. The van der Waals surface area contributed by atoms with Gasteiger partial charge in [0.1, 0.15) is 5.82 Å². The van der Waals surface area contributed by atoms with Crippen molar-refractivity contribution in [1.29, 1.82) is 0 Å². The van der Waals surface area contributed by atoms with E-state index in [2.05, 4.69) is 4.98 Å². The number of fused-ring (bicyclic) bond motifs is 1. The molecule has 1 aromatic heterocycles. The molecule has 2 atom stereocenters. The summed E-state index contributed by atoms with van der Waals surface area (Å²) in [5, 5.41) is 0.668. The molecular weight excluding hydrogens is 257 g/mol. The highest BCUT2D eigenvalue weighted by Gasteiger charge is 2.42. The molecule has 2 aromatic rings. The lowest BCUT2D eigenvalue weighted by Gasteiger charge is -2.37. The lowest BCUT2D eigenvalue weighted by molar-refractivity contribution is 0.0818. The van der Waals surface area contributed by atoms with E-state index in [0.29, 0.717) is 17.5 Å². The van der Waals surface area contributed by atoms with Crippen LogP contribution in [0.5, 0.6) is 0 Å². The molecule has 5 heteroatoms. The highest BCUT2D eigenvalue weighted by Crippen LogP contribution is 2.29. The molecule has 106 valence electrons. The van der Waals surface area contributed by atoms with Gasteiger partial charge >= 0.3 is 0 Å². The summed E-state index contributed by atoms with van der Waals surface area (Å²) in [4.78, 5) is 15.7. The second-order valence-electron chi connectivity index (χ2n) is 5.64. The van der Waals surface area contributed by atoms with E-state index in [9.17, 15) is 9.18 Å². The Morgan fingerprint density at radius 1 is 1.35 bits per heavy atom. The molecule has 4 nitrogen and oxygen atoms in total. The number of carbonyl (C=O) groups is 1. The summed E-state index contributed by atoms with van der Waals surface area (Å²) in [5.41, 5.74) is 12.4. The third kappa shape index (κ3) is 2.03. The molecule has 3 rings (SSSR count). The van der Waals surface area contributed by atoms with E-state index in [1.165, 1.54) is 12.1 Å². The first-order chi connectivity index (χ1) is 9.50. The number of benzene rings is 1. The van der Waals surface area contributed by atoms with Crippen LogP contribution in [0.2, 0.25) is 0 Å². The molecule has 1 heterocycles. The maximum Gasteiger partial charge on any atom is 0.200 e. The normalized spacial score (nSPS) is 26.9. The van der Waals surface area contributed by atoms with Crippen molar-refractivity contribution in [1.82, 2.24) is 4.98 Å². The number of nitrogens with one attached hydrogen (secondary N) is 1. The van der Waals surface area contributed by atoms with Gasteiger partial charge in [0.25, 0.3) is 0 Å². The van der Waals surface area contributed by atoms with Crippen LogP contribution in [-0.4, -0.2) is 22.3 Å². The predicted octanol–water partition coefficient (Wildman–Crippen LogP) is 2.09. The summed E-state index contributed by atoms with van der Waals surface area (Å²) in [6.45, 7) is 0. The number of ketones is 1. The summed E-state index contributed by atoms with van der Waals surface area (Å²) in [6, 6.07) is 5.69. The first kappa shape index (κ1) is 13.3. The van der Waals surface area contributed by atoms with E-state index in [1.807, 2.05) is 0 Å².